The lowest BCUT2D eigenvalue weighted by Gasteiger charge is -2.26. The van der Waals surface area contributed by atoms with Crippen molar-refractivity contribution in [3.05, 3.63) is 78.4 Å². The van der Waals surface area contributed by atoms with Crippen LogP contribution in [0.4, 0.5) is 10.2 Å². The van der Waals surface area contributed by atoms with E-state index in [1.54, 1.807) is 12.3 Å². The molecule has 1 aliphatic carbocycles. The van der Waals surface area contributed by atoms with E-state index in [2.05, 4.69) is 20.1 Å². The molecule has 0 spiro atoms. The maximum absolute atomic E-state index is 14.7. The number of piperidine rings is 1. The van der Waals surface area contributed by atoms with Crippen LogP contribution >= 0.6 is 0 Å². The minimum Gasteiger partial charge on any atom is -0.355 e. The summed E-state index contributed by atoms with van der Waals surface area (Å²) in [6.07, 6.45) is 4.56. The van der Waals surface area contributed by atoms with Gasteiger partial charge in [-0.05, 0) is 42.0 Å². The zero-order valence-electron chi connectivity index (χ0n) is 19.0. The monoisotopic (exact) mass is 465 g/mol. The average molecular weight is 466 g/mol. The van der Waals surface area contributed by atoms with Crippen LogP contribution in [0.3, 0.4) is 0 Å². The predicted molar refractivity (Wildman–Crippen MR) is 133 cm³/mol. The van der Waals surface area contributed by atoms with E-state index in [0.717, 1.165) is 58.6 Å². The van der Waals surface area contributed by atoms with Gasteiger partial charge in [0.1, 0.15) is 22.8 Å². The highest BCUT2D eigenvalue weighted by Gasteiger charge is 2.66. The summed E-state index contributed by atoms with van der Waals surface area (Å²) in [5.41, 5.74) is 10.7. The van der Waals surface area contributed by atoms with Gasteiger partial charge < -0.3 is 10.6 Å². The third-order valence-electron chi connectivity index (χ3n) is 8.02. The Bertz CT molecular complexity index is 1580. The standard InChI is InChI=1S/C27H24FN7/c28-21-8-2-1-7-19(21)27(15-29)18-10-12-35(14-20(18)27)23-13-31-25-24(33-34-26(25)32-23)17-5-3-9-22-16(17)6-4-11-30-22/h1-9,11,13,18,20H,10,12,14-15,29H2,(H,32,33,34). The highest BCUT2D eigenvalue weighted by Crippen LogP contribution is 2.63. The first-order chi connectivity index (χ1) is 17.2. The smallest absolute Gasteiger partial charge is 0.177 e. The molecule has 7 nitrogen and oxygen atoms in total. The second-order valence-corrected chi connectivity index (χ2v) is 9.55. The summed E-state index contributed by atoms with van der Waals surface area (Å²) in [6.45, 7) is 2.07. The van der Waals surface area contributed by atoms with E-state index in [4.69, 9.17) is 15.7 Å². The third-order valence-corrected chi connectivity index (χ3v) is 8.02. The maximum Gasteiger partial charge on any atom is 0.177 e. The summed E-state index contributed by atoms with van der Waals surface area (Å²) in [5, 5.41) is 8.65. The number of nitrogens with one attached hydrogen (secondary N) is 1. The number of benzene rings is 2. The van der Waals surface area contributed by atoms with Crippen molar-refractivity contribution in [1.82, 2.24) is 25.1 Å². The first-order valence-electron chi connectivity index (χ1n) is 12.0. The third kappa shape index (κ3) is 2.93. The molecule has 35 heavy (non-hydrogen) atoms. The number of pyridine rings is 1. The number of nitrogens with two attached hydrogens (primary N) is 1. The van der Waals surface area contributed by atoms with Gasteiger partial charge in [-0.25, -0.2) is 14.4 Å². The second kappa shape index (κ2) is 7.55. The lowest BCUT2D eigenvalue weighted by Crippen LogP contribution is -2.32. The molecule has 1 saturated heterocycles. The normalized spacial score (nSPS) is 23.5. The van der Waals surface area contributed by atoms with Crippen molar-refractivity contribution < 1.29 is 4.39 Å². The van der Waals surface area contributed by atoms with Gasteiger partial charge in [0.2, 0.25) is 0 Å². The Morgan fingerprint density at radius 3 is 2.86 bits per heavy atom. The van der Waals surface area contributed by atoms with Crippen molar-refractivity contribution in [2.75, 3.05) is 24.5 Å². The Hall–Kier alpha value is -3.91. The van der Waals surface area contributed by atoms with E-state index < -0.39 is 0 Å². The van der Waals surface area contributed by atoms with E-state index in [1.807, 2.05) is 48.7 Å². The number of anilines is 1. The number of hydrogen-bond acceptors (Lipinski definition) is 6. The first-order valence-corrected chi connectivity index (χ1v) is 12.0. The lowest BCUT2D eigenvalue weighted by molar-refractivity contribution is 0.533. The van der Waals surface area contributed by atoms with Gasteiger partial charge in [0.25, 0.3) is 0 Å². The van der Waals surface area contributed by atoms with Gasteiger partial charge in [-0.2, -0.15) is 5.10 Å². The van der Waals surface area contributed by atoms with Crippen LogP contribution in [0.25, 0.3) is 33.3 Å². The average Bonchev–Trinajstić information content (AvgIpc) is 3.37. The molecule has 7 rings (SSSR count). The fraction of sp³-hybridized carbons (Fsp3) is 0.259. The number of rotatable bonds is 4. The highest BCUT2D eigenvalue weighted by atomic mass is 19.1. The molecule has 2 fully saturated rings. The number of fused-ring (bicyclic) bond motifs is 3. The van der Waals surface area contributed by atoms with Crippen LogP contribution in [0.5, 0.6) is 0 Å². The summed E-state index contributed by atoms with van der Waals surface area (Å²) >= 11 is 0. The second-order valence-electron chi connectivity index (χ2n) is 9.55. The van der Waals surface area contributed by atoms with Crippen molar-refractivity contribution in [3.63, 3.8) is 0 Å². The molecular formula is C27H24FN7. The van der Waals surface area contributed by atoms with Crippen molar-refractivity contribution in [1.29, 1.82) is 0 Å². The highest BCUT2D eigenvalue weighted by molar-refractivity contribution is 6.00. The summed E-state index contributed by atoms with van der Waals surface area (Å²) in [7, 11) is 0. The van der Waals surface area contributed by atoms with E-state index in [9.17, 15) is 4.39 Å². The van der Waals surface area contributed by atoms with Gasteiger partial charge in [0, 0.05) is 42.2 Å². The number of aromatic nitrogens is 5. The van der Waals surface area contributed by atoms with Crippen LogP contribution in [-0.2, 0) is 5.41 Å². The van der Waals surface area contributed by atoms with Gasteiger partial charge in [0.05, 0.1) is 11.7 Å². The number of hydrogen-bond donors (Lipinski definition) is 2. The van der Waals surface area contributed by atoms with Crippen molar-refractivity contribution >= 4 is 27.9 Å². The zero-order valence-corrected chi connectivity index (χ0v) is 19.0. The molecule has 4 heterocycles. The molecule has 2 aromatic carbocycles. The number of H-pyrrole nitrogens is 1. The van der Waals surface area contributed by atoms with E-state index in [-0.39, 0.29) is 11.2 Å². The summed E-state index contributed by atoms with van der Waals surface area (Å²) in [4.78, 5) is 16.3. The molecule has 0 radical (unpaired) electrons. The largest absolute Gasteiger partial charge is 0.355 e. The molecule has 1 aliphatic heterocycles. The molecule has 3 aromatic heterocycles. The Morgan fingerprint density at radius 1 is 1.06 bits per heavy atom. The zero-order chi connectivity index (χ0) is 23.6. The van der Waals surface area contributed by atoms with Crippen LogP contribution in [0, 0.1) is 17.7 Å². The molecule has 8 heteroatoms. The maximum atomic E-state index is 14.7. The fourth-order valence-corrected chi connectivity index (χ4v) is 6.28. The number of halogens is 1. The topological polar surface area (TPSA) is 96.6 Å². The molecule has 3 atom stereocenters. The first kappa shape index (κ1) is 20.5. The molecule has 5 aromatic rings. The van der Waals surface area contributed by atoms with Crippen LogP contribution in [0.2, 0.25) is 0 Å². The molecule has 3 N–H and O–H groups in total. The van der Waals surface area contributed by atoms with Crippen LogP contribution < -0.4 is 10.6 Å². The van der Waals surface area contributed by atoms with Crippen LogP contribution in [-0.4, -0.2) is 44.8 Å². The number of aromatic amines is 1. The van der Waals surface area contributed by atoms with Crippen LogP contribution in [0.1, 0.15) is 12.0 Å². The lowest BCUT2D eigenvalue weighted by atomic mass is 9.91. The van der Waals surface area contributed by atoms with E-state index in [0.29, 0.717) is 24.0 Å². The molecule has 0 bridgehead atoms. The fourth-order valence-electron chi connectivity index (χ4n) is 6.28. The molecule has 1 saturated carbocycles. The Balaban J connectivity index is 1.21. The number of nitrogens with zero attached hydrogens (tertiary/aromatic N) is 5. The Labute approximate surface area is 201 Å². The minimum atomic E-state index is -0.290. The van der Waals surface area contributed by atoms with Gasteiger partial charge in [0.15, 0.2) is 5.65 Å². The van der Waals surface area contributed by atoms with Gasteiger partial charge >= 0.3 is 0 Å². The SMILES string of the molecule is NCC1(c2ccccc2F)C2CCN(c3cnc4c(-c5cccc6ncccc56)n[nH]c4n3)CC21. The quantitative estimate of drug-likeness (QED) is 0.416. The Morgan fingerprint density at radius 2 is 1.97 bits per heavy atom. The van der Waals surface area contributed by atoms with Crippen LogP contribution in [0.15, 0.2) is 67.0 Å². The van der Waals surface area contributed by atoms with Crippen molar-refractivity contribution in [2.45, 2.75) is 11.8 Å². The van der Waals surface area contributed by atoms with Gasteiger partial charge in [-0.15, -0.1) is 0 Å². The molecule has 174 valence electrons. The molecule has 0 amide bonds. The van der Waals surface area contributed by atoms with Gasteiger partial charge in [-0.1, -0.05) is 36.4 Å². The Kier molecular flexibility index (Phi) is 4.41. The summed E-state index contributed by atoms with van der Waals surface area (Å²) in [5.74, 6) is 1.35. The summed E-state index contributed by atoms with van der Waals surface area (Å²) in [6, 6.07) is 17.0. The molecular weight excluding hydrogens is 441 g/mol. The summed E-state index contributed by atoms with van der Waals surface area (Å²) < 4.78 is 14.7. The van der Waals surface area contributed by atoms with E-state index >= 15 is 0 Å². The van der Waals surface area contributed by atoms with Crippen molar-refractivity contribution in [2.24, 2.45) is 17.6 Å². The molecule has 3 unspecified atom stereocenters. The van der Waals surface area contributed by atoms with Crippen molar-refractivity contribution in [3.8, 4) is 11.3 Å². The predicted octanol–water partition coefficient (Wildman–Crippen LogP) is 4.06. The van der Waals surface area contributed by atoms with Gasteiger partial charge in [-0.3, -0.25) is 10.1 Å². The van der Waals surface area contributed by atoms with E-state index in [1.165, 1.54) is 6.07 Å². The minimum absolute atomic E-state index is 0.159. The molecule has 2 aliphatic rings.